The summed E-state index contributed by atoms with van der Waals surface area (Å²) in [5.41, 5.74) is -0.198. The molecule has 1 saturated heterocycles. The number of hydrogen-bond donors (Lipinski definition) is 1. The van der Waals surface area contributed by atoms with E-state index in [0.717, 1.165) is 6.42 Å². The van der Waals surface area contributed by atoms with Gasteiger partial charge >= 0.3 is 5.91 Å². The second kappa shape index (κ2) is 5.26. The summed E-state index contributed by atoms with van der Waals surface area (Å²) in [6.45, 7) is 6.53. The van der Waals surface area contributed by atoms with Crippen molar-refractivity contribution in [2.24, 2.45) is 0 Å². The Labute approximate surface area is 118 Å². The highest BCUT2D eigenvalue weighted by molar-refractivity contribution is 5.94. The van der Waals surface area contributed by atoms with Gasteiger partial charge in [0.1, 0.15) is 11.8 Å². The second-order valence-electron chi connectivity index (χ2n) is 6.05. The molecule has 6 nitrogen and oxygen atoms in total. The molecule has 1 atom stereocenters. The number of amides is 2. The minimum atomic E-state index is -0.419. The van der Waals surface area contributed by atoms with Crippen molar-refractivity contribution in [3.05, 3.63) is 17.8 Å². The molecule has 1 N–H and O–H groups in total. The smallest absolute Gasteiger partial charge is 0.310 e. The van der Waals surface area contributed by atoms with Gasteiger partial charge in [0, 0.05) is 19.0 Å². The summed E-state index contributed by atoms with van der Waals surface area (Å²) >= 11 is 0. The maximum atomic E-state index is 12.4. The van der Waals surface area contributed by atoms with E-state index in [1.165, 1.54) is 4.90 Å². The number of carbonyl (C=O) groups is 2. The molecular weight excluding hydrogens is 258 g/mol. The Kier molecular flexibility index (Phi) is 3.83. The zero-order valence-corrected chi connectivity index (χ0v) is 12.4. The molecule has 0 radical (unpaired) electrons. The molecule has 1 aromatic rings. The molecule has 1 fully saturated rings. The van der Waals surface area contributed by atoms with Crippen LogP contribution in [-0.4, -0.2) is 41.3 Å². The fourth-order valence-electron chi connectivity index (χ4n) is 2.29. The number of likely N-dealkylation sites (tertiary alicyclic amines) is 1. The van der Waals surface area contributed by atoms with Crippen LogP contribution in [0.15, 0.2) is 10.6 Å². The average Bonchev–Trinajstić information content (AvgIpc) is 3.04. The number of aromatic nitrogens is 1. The lowest BCUT2D eigenvalue weighted by atomic mass is 9.94. The molecule has 0 spiro atoms. The van der Waals surface area contributed by atoms with Crippen LogP contribution in [0.3, 0.4) is 0 Å². The quantitative estimate of drug-likeness (QED) is 0.886. The highest BCUT2D eigenvalue weighted by Gasteiger charge is 2.36. The lowest BCUT2D eigenvalue weighted by molar-refractivity contribution is -0.124. The van der Waals surface area contributed by atoms with Crippen LogP contribution in [0, 0.1) is 0 Å². The predicted molar refractivity (Wildman–Crippen MR) is 73.3 cm³/mol. The van der Waals surface area contributed by atoms with E-state index in [-0.39, 0.29) is 23.1 Å². The monoisotopic (exact) mass is 279 g/mol. The lowest BCUT2D eigenvalue weighted by Gasteiger charge is -2.21. The van der Waals surface area contributed by atoms with E-state index in [1.807, 2.05) is 20.8 Å². The van der Waals surface area contributed by atoms with Gasteiger partial charge in [-0.3, -0.25) is 9.59 Å². The van der Waals surface area contributed by atoms with Crippen molar-refractivity contribution in [2.75, 3.05) is 13.6 Å². The zero-order chi connectivity index (χ0) is 14.9. The van der Waals surface area contributed by atoms with E-state index in [4.69, 9.17) is 4.42 Å². The minimum absolute atomic E-state index is 0.0609. The maximum Gasteiger partial charge on any atom is 0.310 e. The Morgan fingerprint density at radius 3 is 2.70 bits per heavy atom. The summed E-state index contributed by atoms with van der Waals surface area (Å²) in [4.78, 5) is 29.8. The zero-order valence-electron chi connectivity index (χ0n) is 12.4. The van der Waals surface area contributed by atoms with Crippen molar-refractivity contribution in [3.8, 4) is 0 Å². The predicted octanol–water partition coefficient (Wildman–Crippen LogP) is 1.32. The molecule has 2 amide bonds. The molecule has 0 aliphatic carbocycles. The van der Waals surface area contributed by atoms with Crippen molar-refractivity contribution in [1.29, 1.82) is 0 Å². The van der Waals surface area contributed by atoms with E-state index in [1.54, 1.807) is 13.2 Å². The fourth-order valence-corrected chi connectivity index (χ4v) is 2.29. The summed E-state index contributed by atoms with van der Waals surface area (Å²) in [6.07, 6.45) is 3.08. The second-order valence-corrected chi connectivity index (χ2v) is 6.05. The summed E-state index contributed by atoms with van der Waals surface area (Å²) in [5.74, 6) is 0.271. The number of nitrogens with zero attached hydrogens (tertiary/aromatic N) is 2. The first-order valence-corrected chi connectivity index (χ1v) is 6.83. The molecule has 110 valence electrons. The third-order valence-electron chi connectivity index (χ3n) is 3.49. The standard InChI is InChI=1S/C14H21N3O3/c1-14(2,3)10-8-16-12(20-10)13(19)17-7-5-6-9(17)11(18)15-4/h8-9H,5-7H2,1-4H3,(H,15,18)/t9-/m0/s1. The number of rotatable bonds is 2. The van der Waals surface area contributed by atoms with Crippen LogP contribution in [0.25, 0.3) is 0 Å². The van der Waals surface area contributed by atoms with Crippen molar-refractivity contribution in [1.82, 2.24) is 15.2 Å². The van der Waals surface area contributed by atoms with Gasteiger partial charge in [0.2, 0.25) is 5.91 Å². The third kappa shape index (κ3) is 2.69. The van der Waals surface area contributed by atoms with Crippen molar-refractivity contribution in [3.63, 3.8) is 0 Å². The van der Waals surface area contributed by atoms with Crippen LogP contribution < -0.4 is 5.32 Å². The lowest BCUT2D eigenvalue weighted by Crippen LogP contribution is -2.45. The molecule has 20 heavy (non-hydrogen) atoms. The number of oxazole rings is 1. The first kappa shape index (κ1) is 14.6. The Morgan fingerprint density at radius 2 is 2.15 bits per heavy atom. The molecule has 1 aliphatic heterocycles. The summed E-state index contributed by atoms with van der Waals surface area (Å²) in [6, 6.07) is -0.419. The van der Waals surface area contributed by atoms with Gasteiger partial charge in [-0.15, -0.1) is 0 Å². The SMILES string of the molecule is CNC(=O)[C@@H]1CCCN1C(=O)c1ncc(C(C)(C)C)o1. The minimum Gasteiger partial charge on any atom is -0.437 e. The average molecular weight is 279 g/mol. The Bertz CT molecular complexity index is 516. The molecule has 2 heterocycles. The van der Waals surface area contributed by atoms with E-state index in [9.17, 15) is 9.59 Å². The topological polar surface area (TPSA) is 75.4 Å². The Morgan fingerprint density at radius 1 is 1.45 bits per heavy atom. The molecule has 6 heteroatoms. The van der Waals surface area contributed by atoms with Gasteiger partial charge in [-0.2, -0.15) is 0 Å². The largest absolute Gasteiger partial charge is 0.437 e. The Balaban J connectivity index is 2.19. The summed E-state index contributed by atoms with van der Waals surface area (Å²) in [5, 5.41) is 2.59. The van der Waals surface area contributed by atoms with Crippen molar-refractivity contribution in [2.45, 2.75) is 45.1 Å². The van der Waals surface area contributed by atoms with Crippen molar-refractivity contribution < 1.29 is 14.0 Å². The van der Waals surface area contributed by atoms with E-state index in [2.05, 4.69) is 10.3 Å². The molecule has 2 rings (SSSR count). The molecule has 0 bridgehead atoms. The number of hydrogen-bond acceptors (Lipinski definition) is 4. The molecule has 1 aromatic heterocycles. The first-order valence-electron chi connectivity index (χ1n) is 6.83. The highest BCUT2D eigenvalue weighted by Crippen LogP contribution is 2.25. The van der Waals surface area contributed by atoms with Gasteiger partial charge in [-0.25, -0.2) is 4.98 Å². The number of nitrogens with one attached hydrogen (secondary N) is 1. The van der Waals surface area contributed by atoms with E-state index < -0.39 is 6.04 Å². The van der Waals surface area contributed by atoms with Gasteiger partial charge in [0.05, 0.1) is 6.20 Å². The van der Waals surface area contributed by atoms with E-state index in [0.29, 0.717) is 18.7 Å². The van der Waals surface area contributed by atoms with Crippen LogP contribution in [0.1, 0.15) is 50.1 Å². The first-order chi connectivity index (χ1) is 9.34. The Hall–Kier alpha value is -1.85. The molecule has 0 saturated carbocycles. The van der Waals surface area contributed by atoms with Gasteiger partial charge in [-0.1, -0.05) is 20.8 Å². The van der Waals surface area contributed by atoms with Crippen LogP contribution in [0.2, 0.25) is 0 Å². The summed E-state index contributed by atoms with van der Waals surface area (Å²) < 4.78 is 5.55. The van der Waals surface area contributed by atoms with Crippen molar-refractivity contribution >= 4 is 11.8 Å². The normalized spacial score (nSPS) is 19.2. The number of carbonyl (C=O) groups excluding carboxylic acids is 2. The molecule has 0 unspecified atom stereocenters. The molecular formula is C14H21N3O3. The van der Waals surface area contributed by atoms with Gasteiger partial charge in [0.15, 0.2) is 0 Å². The maximum absolute atomic E-state index is 12.4. The molecule has 0 aromatic carbocycles. The molecule has 1 aliphatic rings. The van der Waals surface area contributed by atoms with Gasteiger partial charge in [-0.05, 0) is 12.8 Å². The fraction of sp³-hybridized carbons (Fsp3) is 0.643. The van der Waals surface area contributed by atoms with Gasteiger partial charge in [0.25, 0.3) is 5.89 Å². The summed E-state index contributed by atoms with van der Waals surface area (Å²) in [7, 11) is 1.58. The van der Waals surface area contributed by atoms with E-state index >= 15 is 0 Å². The number of likely N-dealkylation sites (N-methyl/N-ethyl adjacent to an activating group) is 1. The van der Waals surface area contributed by atoms with Gasteiger partial charge < -0.3 is 14.6 Å². The highest BCUT2D eigenvalue weighted by atomic mass is 16.4. The van der Waals surface area contributed by atoms with Crippen LogP contribution in [-0.2, 0) is 10.2 Å². The van der Waals surface area contributed by atoms with Crippen LogP contribution in [0.5, 0.6) is 0 Å². The van der Waals surface area contributed by atoms with Crippen LogP contribution in [0.4, 0.5) is 0 Å². The third-order valence-corrected chi connectivity index (χ3v) is 3.49. The van der Waals surface area contributed by atoms with Crippen LogP contribution >= 0.6 is 0 Å².